The fourth-order valence-corrected chi connectivity index (χ4v) is 4.77. The van der Waals surface area contributed by atoms with Crippen LogP contribution in [0.2, 0.25) is 0 Å². The van der Waals surface area contributed by atoms with E-state index in [0.717, 1.165) is 16.6 Å². The Balaban J connectivity index is 1.40. The summed E-state index contributed by atoms with van der Waals surface area (Å²) in [7, 11) is -3.74. The van der Waals surface area contributed by atoms with E-state index < -0.39 is 10.0 Å². The number of benzene rings is 3. The van der Waals surface area contributed by atoms with E-state index in [0.29, 0.717) is 24.6 Å². The van der Waals surface area contributed by atoms with Gasteiger partial charge in [-0.3, -0.25) is 4.79 Å². The first-order valence-electron chi connectivity index (χ1n) is 11.4. The number of carbonyl (C=O) groups is 1. The van der Waals surface area contributed by atoms with E-state index in [1.807, 2.05) is 61.5 Å². The Hall–Kier alpha value is -3.69. The van der Waals surface area contributed by atoms with Crippen molar-refractivity contribution in [3.63, 3.8) is 0 Å². The van der Waals surface area contributed by atoms with Crippen molar-refractivity contribution >= 4 is 27.0 Å². The van der Waals surface area contributed by atoms with Crippen LogP contribution in [0.1, 0.15) is 30.8 Å². The Kier molecular flexibility index (Phi) is 7.79. The molecular weight excluding hydrogens is 464 g/mol. The molecule has 0 aliphatic heterocycles. The molecule has 0 saturated carbocycles. The fourth-order valence-electron chi connectivity index (χ4n) is 3.73. The van der Waals surface area contributed by atoms with Gasteiger partial charge < -0.3 is 15.0 Å². The number of nitrogens with one attached hydrogen (secondary N) is 3. The van der Waals surface area contributed by atoms with Crippen molar-refractivity contribution in [2.24, 2.45) is 0 Å². The molecule has 0 fully saturated rings. The Morgan fingerprint density at radius 2 is 1.71 bits per heavy atom. The maximum absolute atomic E-state index is 12.8. The van der Waals surface area contributed by atoms with Gasteiger partial charge in [-0.15, -0.1) is 0 Å². The minimum atomic E-state index is -3.74. The molecule has 35 heavy (non-hydrogen) atoms. The molecule has 182 valence electrons. The second kappa shape index (κ2) is 11.2. The molecule has 3 aromatic carbocycles. The smallest absolute Gasteiger partial charge is 0.240 e. The van der Waals surface area contributed by atoms with Crippen molar-refractivity contribution in [3.8, 4) is 5.75 Å². The highest BCUT2D eigenvalue weighted by atomic mass is 32.2. The summed E-state index contributed by atoms with van der Waals surface area (Å²) < 4.78 is 33.0. The van der Waals surface area contributed by atoms with Crippen LogP contribution in [-0.4, -0.2) is 37.4 Å². The van der Waals surface area contributed by atoms with Crippen molar-refractivity contribution in [1.29, 1.82) is 0 Å². The summed E-state index contributed by atoms with van der Waals surface area (Å²) >= 11 is 0. The molecule has 4 aromatic rings. The molecule has 1 atom stereocenters. The van der Waals surface area contributed by atoms with Gasteiger partial charge in [0.25, 0.3) is 0 Å². The van der Waals surface area contributed by atoms with Gasteiger partial charge in [-0.2, -0.15) is 0 Å². The maximum atomic E-state index is 12.8. The average molecular weight is 493 g/mol. The summed E-state index contributed by atoms with van der Waals surface area (Å²) in [4.78, 5) is 20.8. The van der Waals surface area contributed by atoms with Crippen LogP contribution in [0.25, 0.3) is 11.0 Å². The summed E-state index contributed by atoms with van der Waals surface area (Å²) in [5.41, 5.74) is 2.75. The van der Waals surface area contributed by atoms with Gasteiger partial charge in [0.15, 0.2) is 0 Å². The van der Waals surface area contributed by atoms with E-state index in [1.165, 1.54) is 12.1 Å². The number of para-hydroxylation sites is 2. The normalized spacial score (nSPS) is 12.4. The van der Waals surface area contributed by atoms with Crippen LogP contribution in [0, 0.1) is 0 Å². The number of amides is 1. The van der Waals surface area contributed by atoms with E-state index in [1.54, 1.807) is 12.1 Å². The third-order valence-electron chi connectivity index (χ3n) is 5.44. The van der Waals surface area contributed by atoms with Crippen molar-refractivity contribution in [1.82, 2.24) is 20.0 Å². The Morgan fingerprint density at radius 3 is 2.43 bits per heavy atom. The maximum Gasteiger partial charge on any atom is 0.240 e. The number of aromatic nitrogens is 2. The first-order valence-corrected chi connectivity index (χ1v) is 12.9. The number of hydrogen-bond donors (Lipinski definition) is 3. The van der Waals surface area contributed by atoms with Crippen LogP contribution in [0.3, 0.4) is 0 Å². The summed E-state index contributed by atoms with van der Waals surface area (Å²) in [6.45, 7) is 2.33. The van der Waals surface area contributed by atoms with Crippen LogP contribution in [0.5, 0.6) is 5.75 Å². The minimum Gasteiger partial charge on any atom is -0.494 e. The lowest BCUT2D eigenvalue weighted by Gasteiger charge is -2.17. The molecule has 1 heterocycles. The number of rotatable bonds is 11. The second-order valence-corrected chi connectivity index (χ2v) is 9.77. The number of ether oxygens (including phenoxy) is 1. The summed E-state index contributed by atoms with van der Waals surface area (Å²) in [6, 6.07) is 23.3. The zero-order valence-corrected chi connectivity index (χ0v) is 20.2. The molecule has 1 aromatic heterocycles. The topological polar surface area (TPSA) is 113 Å². The predicted molar refractivity (Wildman–Crippen MR) is 135 cm³/mol. The van der Waals surface area contributed by atoms with E-state index in [-0.39, 0.29) is 29.8 Å². The largest absolute Gasteiger partial charge is 0.494 e. The van der Waals surface area contributed by atoms with Crippen LogP contribution in [0.4, 0.5) is 0 Å². The Morgan fingerprint density at radius 1 is 1.00 bits per heavy atom. The molecule has 9 heteroatoms. The lowest BCUT2D eigenvalue weighted by molar-refractivity contribution is -0.121. The van der Waals surface area contributed by atoms with Crippen molar-refractivity contribution in [3.05, 3.63) is 90.3 Å². The van der Waals surface area contributed by atoms with E-state index >= 15 is 0 Å². The zero-order chi connectivity index (χ0) is 24.7. The van der Waals surface area contributed by atoms with Crippen LogP contribution < -0.4 is 14.8 Å². The summed E-state index contributed by atoms with van der Waals surface area (Å²) in [5, 5.41) is 3.01. The van der Waals surface area contributed by atoms with Crippen molar-refractivity contribution in [2.75, 3.05) is 13.2 Å². The van der Waals surface area contributed by atoms with E-state index in [4.69, 9.17) is 4.74 Å². The minimum absolute atomic E-state index is 0.0121. The first kappa shape index (κ1) is 24.4. The monoisotopic (exact) mass is 492 g/mol. The third kappa shape index (κ3) is 6.46. The SMILES string of the molecule is CCOc1ccc(S(=O)(=O)NCCC(=O)NC(Cc2ccccc2)c2nc3ccccc3[nH]2)cc1. The molecule has 1 amide bonds. The van der Waals surface area contributed by atoms with Gasteiger partial charge in [-0.05, 0) is 55.3 Å². The molecule has 4 rings (SSSR count). The van der Waals surface area contributed by atoms with Gasteiger partial charge in [-0.1, -0.05) is 42.5 Å². The predicted octanol–water partition coefficient (Wildman–Crippen LogP) is 3.73. The Bertz CT molecular complexity index is 1340. The molecule has 0 aliphatic carbocycles. The lowest BCUT2D eigenvalue weighted by atomic mass is 10.1. The number of imidazole rings is 1. The zero-order valence-electron chi connectivity index (χ0n) is 19.4. The number of sulfonamides is 1. The third-order valence-corrected chi connectivity index (χ3v) is 6.92. The average Bonchev–Trinajstić information content (AvgIpc) is 3.29. The molecule has 0 saturated heterocycles. The van der Waals surface area contributed by atoms with Crippen LogP contribution in [0.15, 0.2) is 83.8 Å². The highest BCUT2D eigenvalue weighted by Gasteiger charge is 2.20. The highest BCUT2D eigenvalue weighted by molar-refractivity contribution is 7.89. The van der Waals surface area contributed by atoms with E-state index in [9.17, 15) is 13.2 Å². The van der Waals surface area contributed by atoms with Crippen molar-refractivity contribution in [2.45, 2.75) is 30.7 Å². The number of hydrogen-bond acceptors (Lipinski definition) is 5. The van der Waals surface area contributed by atoms with Crippen molar-refractivity contribution < 1.29 is 17.9 Å². The quantitative estimate of drug-likeness (QED) is 0.295. The van der Waals surface area contributed by atoms with Gasteiger partial charge in [0, 0.05) is 13.0 Å². The van der Waals surface area contributed by atoms with E-state index in [2.05, 4.69) is 20.0 Å². The van der Waals surface area contributed by atoms with Gasteiger partial charge in [0.05, 0.1) is 28.6 Å². The number of aromatic amines is 1. The second-order valence-electron chi connectivity index (χ2n) is 8.00. The van der Waals surface area contributed by atoms with Gasteiger partial charge in [-0.25, -0.2) is 18.1 Å². The lowest BCUT2D eigenvalue weighted by Crippen LogP contribution is -2.34. The molecule has 8 nitrogen and oxygen atoms in total. The molecule has 1 unspecified atom stereocenters. The number of nitrogens with zero attached hydrogens (tertiary/aromatic N) is 1. The summed E-state index contributed by atoms with van der Waals surface area (Å²) in [6.07, 6.45) is 0.534. The van der Waals surface area contributed by atoms with Gasteiger partial charge in [0.1, 0.15) is 11.6 Å². The number of carbonyl (C=O) groups excluding carboxylic acids is 1. The molecule has 0 spiro atoms. The molecule has 3 N–H and O–H groups in total. The molecule has 0 bridgehead atoms. The van der Waals surface area contributed by atoms with Gasteiger partial charge in [0.2, 0.25) is 15.9 Å². The number of fused-ring (bicyclic) bond motifs is 1. The van der Waals surface area contributed by atoms with Crippen LogP contribution >= 0.6 is 0 Å². The number of H-pyrrole nitrogens is 1. The highest BCUT2D eigenvalue weighted by Crippen LogP contribution is 2.20. The molecule has 0 radical (unpaired) electrons. The molecular formula is C26H28N4O4S. The van der Waals surface area contributed by atoms with Gasteiger partial charge >= 0.3 is 0 Å². The summed E-state index contributed by atoms with van der Waals surface area (Å²) in [5.74, 6) is 0.972. The fraction of sp³-hybridized carbons (Fsp3) is 0.231. The Labute approximate surface area is 204 Å². The van der Waals surface area contributed by atoms with Crippen LogP contribution in [-0.2, 0) is 21.2 Å². The molecule has 0 aliphatic rings. The standard InChI is InChI=1S/C26H28N4O4S/c1-2-34-20-12-14-21(15-13-20)35(32,33)27-17-16-25(31)28-24(18-19-8-4-3-5-9-19)26-29-22-10-6-7-11-23(22)30-26/h3-15,24,27H,2,16-18H2,1H3,(H,28,31)(H,29,30). The first-order chi connectivity index (χ1) is 16.9.